The maximum Gasteiger partial charge on any atom is 0.294 e. The number of aliphatic imine (C=N–C) groups is 1. The van der Waals surface area contributed by atoms with Crippen molar-refractivity contribution in [2.45, 2.75) is 18.8 Å². The van der Waals surface area contributed by atoms with Gasteiger partial charge in [-0.3, -0.25) is 14.9 Å². The van der Waals surface area contributed by atoms with Crippen LogP contribution >= 0.6 is 12.4 Å². The van der Waals surface area contributed by atoms with Crippen molar-refractivity contribution in [3.8, 4) is 5.69 Å². The van der Waals surface area contributed by atoms with Crippen LogP contribution in [0.5, 0.6) is 0 Å². The Labute approximate surface area is 142 Å². The summed E-state index contributed by atoms with van der Waals surface area (Å²) in [7, 11) is 0. The molecule has 1 aromatic heterocycles. The number of nitro benzene ring substituents is 1. The number of nitro groups is 1. The van der Waals surface area contributed by atoms with Crippen LogP contribution in [0.25, 0.3) is 5.69 Å². The lowest BCUT2D eigenvalue weighted by Gasteiger charge is -2.08. The van der Waals surface area contributed by atoms with Crippen molar-refractivity contribution in [2.24, 2.45) is 16.5 Å². The molecule has 3 rings (SSSR count). The van der Waals surface area contributed by atoms with Gasteiger partial charge in [0.05, 0.1) is 22.4 Å². The number of amides is 1. The fourth-order valence-corrected chi connectivity index (χ4v) is 2.44. The number of halogens is 1. The lowest BCUT2D eigenvalue weighted by molar-refractivity contribution is -0.384. The molecule has 10 heteroatoms. The number of rotatable bonds is 4. The molecule has 1 aliphatic rings. The number of carbonyl (C=O) groups is 1. The minimum atomic E-state index is -0.600. The van der Waals surface area contributed by atoms with Crippen molar-refractivity contribution in [3.63, 3.8) is 0 Å². The van der Waals surface area contributed by atoms with Crippen LogP contribution in [0.3, 0.4) is 0 Å². The van der Waals surface area contributed by atoms with E-state index in [1.54, 1.807) is 18.2 Å². The van der Waals surface area contributed by atoms with E-state index in [4.69, 9.17) is 11.5 Å². The predicted molar refractivity (Wildman–Crippen MR) is 89.6 cm³/mol. The lowest BCUT2D eigenvalue weighted by Crippen LogP contribution is -2.24. The van der Waals surface area contributed by atoms with E-state index < -0.39 is 10.8 Å². The Hall–Kier alpha value is -2.94. The van der Waals surface area contributed by atoms with Crippen LogP contribution in [-0.2, 0) is 0 Å². The molecule has 0 atom stereocenters. The van der Waals surface area contributed by atoms with Crippen LogP contribution in [0.15, 0.2) is 35.5 Å². The second-order valence-electron chi connectivity index (χ2n) is 5.22. The third-order valence-electron chi connectivity index (χ3n) is 3.54. The first-order chi connectivity index (χ1) is 11.0. The molecule has 2 aromatic rings. The molecule has 1 fully saturated rings. The summed E-state index contributed by atoms with van der Waals surface area (Å²) < 4.78 is 1.44. The second kappa shape index (κ2) is 6.67. The average Bonchev–Trinajstić information content (AvgIpc) is 3.24. The zero-order valence-corrected chi connectivity index (χ0v) is 13.3. The first-order valence-corrected chi connectivity index (χ1v) is 6.94. The van der Waals surface area contributed by atoms with E-state index in [1.165, 1.54) is 16.9 Å². The van der Waals surface area contributed by atoms with E-state index in [2.05, 4.69) is 10.1 Å². The fourth-order valence-electron chi connectivity index (χ4n) is 2.44. The van der Waals surface area contributed by atoms with Gasteiger partial charge in [-0.2, -0.15) is 10.1 Å². The van der Waals surface area contributed by atoms with Gasteiger partial charge in [-0.15, -0.1) is 12.4 Å². The molecule has 0 radical (unpaired) electrons. The number of carbonyl (C=O) groups excluding carboxylic acids is 1. The highest BCUT2D eigenvalue weighted by Crippen LogP contribution is 2.43. The van der Waals surface area contributed by atoms with Crippen molar-refractivity contribution in [1.82, 2.24) is 9.78 Å². The maximum atomic E-state index is 12.1. The summed E-state index contributed by atoms with van der Waals surface area (Å²) >= 11 is 0. The Bertz CT molecular complexity index is 824. The van der Waals surface area contributed by atoms with Crippen molar-refractivity contribution >= 4 is 30.0 Å². The maximum absolute atomic E-state index is 12.1. The Morgan fingerprint density at radius 1 is 1.33 bits per heavy atom. The SMILES string of the molecule is Cl.NC(N)=NC(=O)c1cnn(-c2ccccc2[N+](=O)[O-])c1C1CC1. The Balaban J connectivity index is 0.00000208. The Kier molecular flexibility index (Phi) is 4.84. The van der Waals surface area contributed by atoms with E-state index in [9.17, 15) is 14.9 Å². The number of para-hydroxylation sites is 2. The van der Waals surface area contributed by atoms with Crippen LogP contribution in [0.2, 0.25) is 0 Å². The molecule has 9 nitrogen and oxygen atoms in total. The van der Waals surface area contributed by atoms with Gasteiger partial charge in [0.1, 0.15) is 5.69 Å². The molecule has 1 heterocycles. The molecule has 1 amide bonds. The third kappa shape index (κ3) is 3.20. The monoisotopic (exact) mass is 350 g/mol. The number of benzene rings is 1. The first kappa shape index (κ1) is 17.4. The molecule has 24 heavy (non-hydrogen) atoms. The number of hydrogen-bond donors (Lipinski definition) is 2. The van der Waals surface area contributed by atoms with Crippen molar-refractivity contribution in [3.05, 3.63) is 51.8 Å². The summed E-state index contributed by atoms with van der Waals surface area (Å²) in [6.07, 6.45) is 3.11. The minimum absolute atomic E-state index is 0. The molecule has 0 aliphatic heterocycles. The smallest absolute Gasteiger partial charge is 0.294 e. The zero-order valence-electron chi connectivity index (χ0n) is 12.5. The highest BCUT2D eigenvalue weighted by molar-refractivity contribution is 6.02. The number of nitrogens with zero attached hydrogens (tertiary/aromatic N) is 4. The summed E-state index contributed by atoms with van der Waals surface area (Å²) in [5.41, 5.74) is 11.6. The van der Waals surface area contributed by atoms with Crippen LogP contribution in [0.1, 0.15) is 34.8 Å². The number of guanidine groups is 1. The number of aromatic nitrogens is 2. The highest BCUT2D eigenvalue weighted by Gasteiger charge is 2.34. The highest BCUT2D eigenvalue weighted by atomic mass is 35.5. The summed E-state index contributed by atoms with van der Waals surface area (Å²) in [6, 6.07) is 6.24. The van der Waals surface area contributed by atoms with Gasteiger partial charge in [0.25, 0.3) is 11.6 Å². The van der Waals surface area contributed by atoms with Crippen molar-refractivity contribution < 1.29 is 9.72 Å². The fraction of sp³-hybridized carbons (Fsp3) is 0.214. The number of nitrogens with two attached hydrogens (primary N) is 2. The van der Waals surface area contributed by atoms with Gasteiger partial charge in [0.15, 0.2) is 5.96 Å². The van der Waals surface area contributed by atoms with E-state index in [0.29, 0.717) is 11.4 Å². The van der Waals surface area contributed by atoms with Gasteiger partial charge in [0.2, 0.25) is 0 Å². The van der Waals surface area contributed by atoms with Gasteiger partial charge in [-0.05, 0) is 18.9 Å². The minimum Gasteiger partial charge on any atom is -0.370 e. The number of hydrogen-bond acceptors (Lipinski definition) is 4. The standard InChI is InChI=1S/C14H14N6O3.ClH/c15-14(16)18-13(21)9-7-17-19(12(9)8-5-6-8)10-3-1-2-4-11(10)20(22)23;/h1-4,7-8H,5-6H2,(H4,15,16,18,21);1H. The van der Waals surface area contributed by atoms with Crippen molar-refractivity contribution in [1.29, 1.82) is 0 Å². The molecule has 1 aliphatic carbocycles. The van der Waals surface area contributed by atoms with Gasteiger partial charge >= 0.3 is 0 Å². The average molecular weight is 351 g/mol. The summed E-state index contributed by atoms with van der Waals surface area (Å²) in [5, 5.41) is 15.4. The van der Waals surface area contributed by atoms with Gasteiger partial charge in [-0.25, -0.2) is 4.68 Å². The first-order valence-electron chi connectivity index (χ1n) is 6.94. The largest absolute Gasteiger partial charge is 0.370 e. The normalized spacial score (nSPS) is 13.0. The summed E-state index contributed by atoms with van der Waals surface area (Å²) in [5.74, 6) is -0.822. The second-order valence-corrected chi connectivity index (χ2v) is 5.22. The summed E-state index contributed by atoms with van der Waals surface area (Å²) in [6.45, 7) is 0. The van der Waals surface area contributed by atoms with Crippen molar-refractivity contribution in [2.75, 3.05) is 0 Å². The van der Waals surface area contributed by atoms with Gasteiger partial charge < -0.3 is 11.5 Å². The van der Waals surface area contributed by atoms with Crippen LogP contribution in [0.4, 0.5) is 5.69 Å². The molecule has 1 aromatic carbocycles. The van der Waals surface area contributed by atoms with E-state index in [1.807, 2.05) is 0 Å². The molecule has 126 valence electrons. The van der Waals surface area contributed by atoms with Gasteiger partial charge in [-0.1, -0.05) is 12.1 Å². The molecule has 0 spiro atoms. The van der Waals surface area contributed by atoms with Crippen LogP contribution in [-0.4, -0.2) is 26.6 Å². The molecule has 0 bridgehead atoms. The van der Waals surface area contributed by atoms with Crippen LogP contribution in [0, 0.1) is 10.1 Å². The molecular formula is C14H15ClN6O3. The third-order valence-corrected chi connectivity index (χ3v) is 3.54. The van der Waals surface area contributed by atoms with E-state index in [-0.39, 0.29) is 35.5 Å². The van der Waals surface area contributed by atoms with E-state index >= 15 is 0 Å². The van der Waals surface area contributed by atoms with Crippen LogP contribution < -0.4 is 11.5 Å². The van der Waals surface area contributed by atoms with E-state index in [0.717, 1.165) is 12.8 Å². The molecule has 0 saturated heterocycles. The molecule has 0 unspecified atom stereocenters. The predicted octanol–water partition coefficient (Wildman–Crippen LogP) is 1.49. The molecule has 4 N–H and O–H groups in total. The Morgan fingerprint density at radius 2 is 2.00 bits per heavy atom. The zero-order chi connectivity index (χ0) is 16.6. The lowest BCUT2D eigenvalue weighted by atomic mass is 10.1. The van der Waals surface area contributed by atoms with Gasteiger partial charge in [0, 0.05) is 12.0 Å². The molecule has 1 saturated carbocycles. The topological polar surface area (TPSA) is 142 Å². The quantitative estimate of drug-likeness (QED) is 0.370. The summed E-state index contributed by atoms with van der Waals surface area (Å²) in [4.78, 5) is 26.4. The Morgan fingerprint density at radius 3 is 2.58 bits per heavy atom. The molecular weight excluding hydrogens is 336 g/mol.